The van der Waals surface area contributed by atoms with Gasteiger partial charge in [-0.05, 0) is 11.8 Å². The van der Waals surface area contributed by atoms with Crippen molar-refractivity contribution in [3.63, 3.8) is 0 Å². The van der Waals surface area contributed by atoms with E-state index in [-0.39, 0.29) is 30.5 Å². The number of carboxylic acid groups (broad SMARTS) is 1. The normalized spacial score (nSPS) is 22.6. The maximum atomic E-state index is 11.7. The molecule has 2 unspecified atom stereocenters. The van der Waals surface area contributed by atoms with Crippen LogP contribution in [0.5, 0.6) is 0 Å². The fraction of sp³-hybridized carbons (Fsp3) is 0.667. The van der Waals surface area contributed by atoms with Crippen molar-refractivity contribution < 1.29 is 19.4 Å². The summed E-state index contributed by atoms with van der Waals surface area (Å²) in [6.07, 6.45) is 2.34. The lowest BCUT2D eigenvalue weighted by Gasteiger charge is -2.14. The average Bonchev–Trinajstić information content (AvgIpc) is 2.86. The minimum absolute atomic E-state index is 0.00485. The smallest absolute Gasteiger partial charge is 0.328 e. The van der Waals surface area contributed by atoms with Crippen LogP contribution in [-0.2, 0) is 14.3 Å². The van der Waals surface area contributed by atoms with E-state index in [0.29, 0.717) is 0 Å². The van der Waals surface area contributed by atoms with E-state index in [9.17, 15) is 9.59 Å². The first-order valence-electron chi connectivity index (χ1n) is 5.60. The zero-order valence-electron chi connectivity index (χ0n) is 10.2. The number of hydrogen-bond acceptors (Lipinski definition) is 3. The van der Waals surface area contributed by atoms with Gasteiger partial charge in [0.05, 0.1) is 13.2 Å². The molecule has 0 aliphatic heterocycles. The molecule has 0 bridgehead atoms. The van der Waals surface area contributed by atoms with Gasteiger partial charge in [-0.25, -0.2) is 4.79 Å². The van der Waals surface area contributed by atoms with Crippen molar-refractivity contribution >= 4 is 11.9 Å². The topological polar surface area (TPSA) is 75.6 Å². The Balaban J connectivity index is 2.41. The van der Waals surface area contributed by atoms with Crippen LogP contribution in [0.3, 0.4) is 0 Å². The highest BCUT2D eigenvalue weighted by Crippen LogP contribution is 2.51. The van der Waals surface area contributed by atoms with Crippen molar-refractivity contribution in [2.24, 2.45) is 11.3 Å². The monoisotopic (exact) mass is 241 g/mol. The Morgan fingerprint density at radius 2 is 2.24 bits per heavy atom. The summed E-state index contributed by atoms with van der Waals surface area (Å²) in [4.78, 5) is 22.6. The number of nitrogens with one attached hydrogen (secondary N) is 1. The minimum atomic E-state index is -1.08. The Bertz CT molecular complexity index is 324. The fourth-order valence-corrected chi connectivity index (χ4v) is 1.63. The summed E-state index contributed by atoms with van der Waals surface area (Å²) in [5.41, 5.74) is -0.00485. The van der Waals surface area contributed by atoms with Gasteiger partial charge in [-0.3, -0.25) is 4.79 Å². The zero-order chi connectivity index (χ0) is 13.1. The number of aliphatic carboxylic acids is 1. The van der Waals surface area contributed by atoms with E-state index in [2.05, 4.69) is 11.9 Å². The summed E-state index contributed by atoms with van der Waals surface area (Å²) in [5.74, 6) is -1.37. The molecule has 0 aromatic heterocycles. The van der Waals surface area contributed by atoms with Crippen LogP contribution < -0.4 is 5.32 Å². The van der Waals surface area contributed by atoms with Gasteiger partial charge >= 0.3 is 5.97 Å². The Hall–Kier alpha value is -1.36. The minimum Gasteiger partial charge on any atom is -0.480 e. The molecule has 1 fully saturated rings. The van der Waals surface area contributed by atoms with Gasteiger partial charge in [0.15, 0.2) is 6.04 Å². The van der Waals surface area contributed by atoms with Gasteiger partial charge in [-0.2, -0.15) is 0 Å². The Kier molecular flexibility index (Phi) is 4.28. The summed E-state index contributed by atoms with van der Waals surface area (Å²) in [6, 6.07) is -0.987. The lowest BCUT2D eigenvalue weighted by molar-refractivity contribution is -0.143. The maximum absolute atomic E-state index is 11.7. The number of carboxylic acids is 1. The molecule has 0 radical (unpaired) electrons. The van der Waals surface area contributed by atoms with E-state index in [1.165, 1.54) is 6.08 Å². The second-order valence-electron chi connectivity index (χ2n) is 4.97. The first-order chi connectivity index (χ1) is 7.88. The van der Waals surface area contributed by atoms with E-state index in [1.807, 2.05) is 13.8 Å². The molecule has 1 aliphatic carbocycles. The highest BCUT2D eigenvalue weighted by Gasteiger charge is 2.51. The average molecular weight is 241 g/mol. The SMILES string of the molecule is C=CCOCC(NC(=O)C1CC1(C)C)C(=O)O. The number of carbonyl (C=O) groups excluding carboxylic acids is 1. The second-order valence-corrected chi connectivity index (χ2v) is 4.97. The largest absolute Gasteiger partial charge is 0.480 e. The molecule has 1 amide bonds. The van der Waals surface area contributed by atoms with Crippen LogP contribution in [0.15, 0.2) is 12.7 Å². The number of rotatable bonds is 7. The Labute approximate surface area is 101 Å². The quantitative estimate of drug-likeness (QED) is 0.511. The molecular weight excluding hydrogens is 222 g/mol. The molecule has 2 N–H and O–H groups in total. The van der Waals surface area contributed by atoms with Gasteiger partial charge in [0.2, 0.25) is 5.91 Å². The summed E-state index contributed by atoms with van der Waals surface area (Å²) < 4.78 is 5.05. The molecule has 5 nitrogen and oxygen atoms in total. The van der Waals surface area contributed by atoms with E-state index in [0.717, 1.165) is 6.42 Å². The zero-order valence-corrected chi connectivity index (χ0v) is 10.2. The van der Waals surface area contributed by atoms with E-state index >= 15 is 0 Å². The van der Waals surface area contributed by atoms with Crippen molar-refractivity contribution in [2.75, 3.05) is 13.2 Å². The van der Waals surface area contributed by atoms with Gasteiger partial charge in [-0.1, -0.05) is 19.9 Å². The molecule has 0 spiro atoms. The van der Waals surface area contributed by atoms with Crippen molar-refractivity contribution in [1.82, 2.24) is 5.32 Å². The molecule has 1 aliphatic rings. The molecular formula is C12H19NO4. The summed E-state index contributed by atoms with van der Waals surface area (Å²) in [6.45, 7) is 7.67. The van der Waals surface area contributed by atoms with Crippen molar-refractivity contribution in [3.8, 4) is 0 Å². The van der Waals surface area contributed by atoms with Gasteiger partial charge in [0.25, 0.3) is 0 Å². The van der Waals surface area contributed by atoms with Crippen LogP contribution in [-0.4, -0.2) is 36.2 Å². The molecule has 96 valence electrons. The lowest BCUT2D eigenvalue weighted by Crippen LogP contribution is -2.45. The second kappa shape index (κ2) is 5.31. The first-order valence-corrected chi connectivity index (χ1v) is 5.60. The van der Waals surface area contributed by atoms with Crippen molar-refractivity contribution in [2.45, 2.75) is 26.3 Å². The number of ether oxygens (including phenoxy) is 1. The highest BCUT2D eigenvalue weighted by molar-refractivity contribution is 5.87. The third-order valence-corrected chi connectivity index (χ3v) is 2.96. The standard InChI is InChI=1S/C12H19NO4/c1-4-5-17-7-9(11(15)16)13-10(14)8-6-12(8,2)3/h4,8-9H,1,5-7H2,2-3H3,(H,13,14)(H,15,16). The highest BCUT2D eigenvalue weighted by atomic mass is 16.5. The summed E-state index contributed by atoms with van der Waals surface area (Å²) >= 11 is 0. The third kappa shape index (κ3) is 3.85. The first kappa shape index (κ1) is 13.7. The molecule has 0 saturated heterocycles. The van der Waals surface area contributed by atoms with Gasteiger partial charge in [0, 0.05) is 5.92 Å². The molecule has 0 aromatic rings. The molecule has 5 heteroatoms. The van der Waals surface area contributed by atoms with Crippen molar-refractivity contribution in [1.29, 1.82) is 0 Å². The molecule has 1 saturated carbocycles. The third-order valence-electron chi connectivity index (χ3n) is 2.96. The van der Waals surface area contributed by atoms with Crippen LogP contribution in [0.25, 0.3) is 0 Å². The molecule has 0 heterocycles. The van der Waals surface area contributed by atoms with Gasteiger partial charge < -0.3 is 15.2 Å². The van der Waals surface area contributed by atoms with Crippen LogP contribution in [0.4, 0.5) is 0 Å². The van der Waals surface area contributed by atoms with Crippen LogP contribution in [0.1, 0.15) is 20.3 Å². The van der Waals surface area contributed by atoms with E-state index in [1.54, 1.807) is 0 Å². The van der Waals surface area contributed by atoms with E-state index in [4.69, 9.17) is 9.84 Å². The number of carbonyl (C=O) groups is 2. The van der Waals surface area contributed by atoms with Crippen molar-refractivity contribution in [3.05, 3.63) is 12.7 Å². The van der Waals surface area contributed by atoms with Gasteiger partial charge in [-0.15, -0.1) is 6.58 Å². The fourth-order valence-electron chi connectivity index (χ4n) is 1.63. The van der Waals surface area contributed by atoms with E-state index < -0.39 is 12.0 Å². The number of hydrogen-bond donors (Lipinski definition) is 2. The summed E-state index contributed by atoms with van der Waals surface area (Å²) in [5, 5.41) is 11.4. The predicted octanol–water partition coefficient (Wildman–Crippen LogP) is 0.804. The predicted molar refractivity (Wildman–Crippen MR) is 62.5 cm³/mol. The molecule has 17 heavy (non-hydrogen) atoms. The lowest BCUT2D eigenvalue weighted by atomic mass is 10.1. The maximum Gasteiger partial charge on any atom is 0.328 e. The summed E-state index contributed by atoms with van der Waals surface area (Å²) in [7, 11) is 0. The van der Waals surface area contributed by atoms with Crippen LogP contribution in [0, 0.1) is 11.3 Å². The molecule has 0 aromatic carbocycles. The molecule has 2 atom stereocenters. The Morgan fingerprint density at radius 3 is 2.65 bits per heavy atom. The Morgan fingerprint density at radius 1 is 1.65 bits per heavy atom. The van der Waals surface area contributed by atoms with Crippen LogP contribution >= 0.6 is 0 Å². The van der Waals surface area contributed by atoms with Gasteiger partial charge in [0.1, 0.15) is 0 Å². The number of amides is 1. The molecule has 1 rings (SSSR count). The van der Waals surface area contributed by atoms with Crippen LogP contribution in [0.2, 0.25) is 0 Å².